The molecule has 0 heterocycles. The van der Waals surface area contributed by atoms with Gasteiger partial charge in [-0.1, -0.05) is 17.7 Å². The molecule has 0 spiro atoms. The summed E-state index contributed by atoms with van der Waals surface area (Å²) in [5.41, 5.74) is 0.856. The van der Waals surface area contributed by atoms with Crippen LogP contribution >= 0.6 is 11.6 Å². The van der Waals surface area contributed by atoms with Gasteiger partial charge in [-0.2, -0.15) is 4.31 Å². The number of esters is 1. The number of carbonyl (C=O) groups is 1. The van der Waals surface area contributed by atoms with Crippen LogP contribution in [-0.4, -0.2) is 39.4 Å². The van der Waals surface area contributed by atoms with Gasteiger partial charge in [0.2, 0.25) is 10.0 Å². The van der Waals surface area contributed by atoms with Gasteiger partial charge >= 0.3 is 5.97 Å². The predicted molar refractivity (Wildman–Crippen MR) is 68.0 cm³/mol. The number of halogens is 1. The molecule has 0 saturated heterocycles. The van der Waals surface area contributed by atoms with E-state index in [2.05, 4.69) is 4.74 Å². The highest BCUT2D eigenvalue weighted by atomic mass is 35.5. The number of likely N-dealkylation sites (N-methyl/N-ethyl adjacent to an activating group) is 1. The molecule has 1 aromatic carbocycles. The van der Waals surface area contributed by atoms with E-state index in [0.717, 1.165) is 9.87 Å². The average Bonchev–Trinajstić information content (AvgIpc) is 2.28. The Bertz CT molecular complexity index is 556. The molecule has 0 saturated carbocycles. The number of rotatable bonds is 4. The zero-order valence-corrected chi connectivity index (χ0v) is 11.9. The first-order chi connectivity index (χ1) is 8.28. The van der Waals surface area contributed by atoms with Gasteiger partial charge in [0.25, 0.3) is 0 Å². The van der Waals surface area contributed by atoms with Crippen molar-refractivity contribution in [2.75, 3.05) is 20.7 Å². The van der Waals surface area contributed by atoms with Crippen molar-refractivity contribution < 1.29 is 17.9 Å². The van der Waals surface area contributed by atoms with Gasteiger partial charge in [0.15, 0.2) is 0 Å². The minimum atomic E-state index is -3.79. The molecule has 0 aliphatic heterocycles. The molecule has 100 valence electrons. The number of hydrogen-bond donors (Lipinski definition) is 0. The van der Waals surface area contributed by atoms with Crippen LogP contribution in [0.2, 0.25) is 5.02 Å². The van der Waals surface area contributed by atoms with Crippen LogP contribution < -0.4 is 0 Å². The van der Waals surface area contributed by atoms with E-state index in [1.165, 1.54) is 20.2 Å². The number of benzene rings is 1. The topological polar surface area (TPSA) is 63.7 Å². The van der Waals surface area contributed by atoms with Crippen LogP contribution in [0.25, 0.3) is 0 Å². The Labute approximate surface area is 111 Å². The Balaban J connectivity index is 3.09. The summed E-state index contributed by atoms with van der Waals surface area (Å²) in [5.74, 6) is -0.635. The van der Waals surface area contributed by atoms with E-state index in [-0.39, 0.29) is 16.5 Å². The summed E-state index contributed by atoms with van der Waals surface area (Å²) in [6.07, 6.45) is 0. The van der Waals surface area contributed by atoms with Crippen molar-refractivity contribution in [1.82, 2.24) is 4.31 Å². The quantitative estimate of drug-likeness (QED) is 0.788. The Kier molecular flexibility index (Phi) is 4.72. The average molecular weight is 292 g/mol. The molecule has 0 aliphatic rings. The predicted octanol–water partition coefficient (Wildman–Crippen LogP) is 1.44. The van der Waals surface area contributed by atoms with Crippen molar-refractivity contribution in [1.29, 1.82) is 0 Å². The summed E-state index contributed by atoms with van der Waals surface area (Å²) < 4.78 is 29.6. The van der Waals surface area contributed by atoms with Crippen molar-refractivity contribution in [2.45, 2.75) is 11.8 Å². The van der Waals surface area contributed by atoms with Crippen LogP contribution in [0.5, 0.6) is 0 Å². The molecule has 0 N–H and O–H groups in total. The van der Waals surface area contributed by atoms with Crippen molar-refractivity contribution in [3.63, 3.8) is 0 Å². The van der Waals surface area contributed by atoms with E-state index >= 15 is 0 Å². The second-order valence-corrected chi connectivity index (χ2v) is 6.19. The first-order valence-electron chi connectivity index (χ1n) is 5.08. The smallest absolute Gasteiger partial charge is 0.321 e. The van der Waals surface area contributed by atoms with Crippen molar-refractivity contribution in [3.8, 4) is 0 Å². The highest BCUT2D eigenvalue weighted by Crippen LogP contribution is 2.24. The summed E-state index contributed by atoms with van der Waals surface area (Å²) in [6.45, 7) is 1.45. The van der Waals surface area contributed by atoms with Gasteiger partial charge in [0.1, 0.15) is 11.4 Å². The third-order valence-corrected chi connectivity index (χ3v) is 4.64. The maximum Gasteiger partial charge on any atom is 0.321 e. The van der Waals surface area contributed by atoms with Gasteiger partial charge in [-0.25, -0.2) is 8.42 Å². The van der Waals surface area contributed by atoms with Crippen LogP contribution in [-0.2, 0) is 19.6 Å². The number of sulfonamides is 1. The Morgan fingerprint density at radius 1 is 1.44 bits per heavy atom. The van der Waals surface area contributed by atoms with Gasteiger partial charge in [-0.3, -0.25) is 4.79 Å². The normalized spacial score (nSPS) is 11.6. The Morgan fingerprint density at radius 2 is 2.06 bits per heavy atom. The fourth-order valence-electron chi connectivity index (χ4n) is 1.31. The summed E-state index contributed by atoms with van der Waals surface area (Å²) in [6, 6.07) is 4.62. The summed E-state index contributed by atoms with van der Waals surface area (Å²) in [4.78, 5) is 11.1. The highest BCUT2D eigenvalue weighted by Gasteiger charge is 2.25. The first kappa shape index (κ1) is 14.9. The van der Waals surface area contributed by atoms with Crippen LogP contribution in [0.3, 0.4) is 0 Å². The molecular formula is C11H14ClNO4S. The SMILES string of the molecule is COC(=O)CN(C)S(=O)(=O)c1ccc(C)cc1Cl. The number of nitrogens with zero attached hydrogens (tertiary/aromatic N) is 1. The molecule has 0 radical (unpaired) electrons. The van der Waals surface area contributed by atoms with Crippen molar-refractivity contribution >= 4 is 27.6 Å². The molecule has 1 aromatic rings. The molecule has 0 aliphatic carbocycles. The summed E-state index contributed by atoms with van der Waals surface area (Å²) in [7, 11) is -1.30. The Morgan fingerprint density at radius 3 is 2.56 bits per heavy atom. The molecule has 18 heavy (non-hydrogen) atoms. The van der Waals surface area contributed by atoms with Crippen LogP contribution in [0.4, 0.5) is 0 Å². The van der Waals surface area contributed by atoms with E-state index in [1.807, 2.05) is 0 Å². The lowest BCUT2D eigenvalue weighted by Crippen LogP contribution is -2.32. The van der Waals surface area contributed by atoms with Crippen LogP contribution in [0.15, 0.2) is 23.1 Å². The van der Waals surface area contributed by atoms with E-state index < -0.39 is 16.0 Å². The molecule has 0 fully saturated rings. The van der Waals surface area contributed by atoms with E-state index in [4.69, 9.17) is 11.6 Å². The lowest BCUT2D eigenvalue weighted by Gasteiger charge is -2.16. The molecule has 0 aromatic heterocycles. The molecule has 0 unspecified atom stereocenters. The number of methoxy groups -OCH3 is 1. The Hall–Kier alpha value is -1.11. The standard InChI is InChI=1S/C11H14ClNO4S/c1-8-4-5-10(9(12)6-8)18(15,16)13(2)7-11(14)17-3/h4-6H,7H2,1-3H3. The minimum Gasteiger partial charge on any atom is -0.468 e. The largest absolute Gasteiger partial charge is 0.468 e. The number of aryl methyl sites for hydroxylation is 1. The van der Waals surface area contributed by atoms with Gasteiger partial charge in [-0.05, 0) is 24.6 Å². The van der Waals surface area contributed by atoms with Crippen LogP contribution in [0, 0.1) is 6.92 Å². The molecular weight excluding hydrogens is 278 g/mol. The minimum absolute atomic E-state index is 0.0267. The monoisotopic (exact) mass is 291 g/mol. The fraction of sp³-hybridized carbons (Fsp3) is 0.364. The number of ether oxygens (including phenoxy) is 1. The molecule has 0 atom stereocenters. The number of hydrogen-bond acceptors (Lipinski definition) is 4. The maximum atomic E-state index is 12.1. The highest BCUT2D eigenvalue weighted by molar-refractivity contribution is 7.89. The van der Waals surface area contributed by atoms with Gasteiger partial charge < -0.3 is 4.74 Å². The van der Waals surface area contributed by atoms with E-state index in [0.29, 0.717) is 0 Å². The number of carbonyl (C=O) groups excluding carboxylic acids is 1. The molecule has 7 heteroatoms. The lowest BCUT2D eigenvalue weighted by molar-refractivity contribution is -0.140. The van der Waals surface area contributed by atoms with Gasteiger partial charge in [-0.15, -0.1) is 0 Å². The summed E-state index contributed by atoms with van der Waals surface area (Å²) >= 11 is 5.91. The van der Waals surface area contributed by atoms with Crippen molar-refractivity contribution in [2.24, 2.45) is 0 Å². The second kappa shape index (κ2) is 5.69. The van der Waals surface area contributed by atoms with E-state index in [1.54, 1.807) is 19.1 Å². The third-order valence-electron chi connectivity index (χ3n) is 2.36. The molecule has 1 rings (SSSR count). The molecule has 0 bridgehead atoms. The van der Waals surface area contributed by atoms with E-state index in [9.17, 15) is 13.2 Å². The van der Waals surface area contributed by atoms with Gasteiger partial charge in [0, 0.05) is 7.05 Å². The zero-order valence-electron chi connectivity index (χ0n) is 10.3. The molecule has 0 amide bonds. The second-order valence-electron chi connectivity index (χ2n) is 3.77. The molecule has 5 nitrogen and oxygen atoms in total. The maximum absolute atomic E-state index is 12.1. The summed E-state index contributed by atoms with van der Waals surface area (Å²) in [5, 5.41) is 0.131. The van der Waals surface area contributed by atoms with Crippen LogP contribution in [0.1, 0.15) is 5.56 Å². The first-order valence-corrected chi connectivity index (χ1v) is 6.90. The zero-order chi connectivity index (χ0) is 13.9. The van der Waals surface area contributed by atoms with Gasteiger partial charge in [0.05, 0.1) is 12.1 Å². The lowest BCUT2D eigenvalue weighted by atomic mass is 10.2. The van der Waals surface area contributed by atoms with Crippen molar-refractivity contribution in [3.05, 3.63) is 28.8 Å². The third kappa shape index (κ3) is 3.22. The fourth-order valence-corrected chi connectivity index (χ4v) is 3.00.